The molecule has 0 spiro atoms. The second kappa shape index (κ2) is 18.6. The van der Waals surface area contributed by atoms with E-state index in [2.05, 4.69) is 51.5 Å². The molecule has 3 aromatic carbocycles. The molecule has 0 saturated heterocycles. The number of carbonyl (C=O) groups is 2. The minimum atomic E-state index is -1.08. The van der Waals surface area contributed by atoms with Gasteiger partial charge in [-0.05, 0) is 85.0 Å². The van der Waals surface area contributed by atoms with E-state index in [1.165, 1.54) is 0 Å². The molecule has 245 valence electrons. The Morgan fingerprint density at radius 1 is 0.711 bits per heavy atom. The van der Waals surface area contributed by atoms with E-state index in [1.807, 2.05) is 36.4 Å². The van der Waals surface area contributed by atoms with Gasteiger partial charge in [0.2, 0.25) is 0 Å². The van der Waals surface area contributed by atoms with E-state index >= 15 is 0 Å². The van der Waals surface area contributed by atoms with Crippen molar-refractivity contribution in [1.29, 1.82) is 0 Å². The summed E-state index contributed by atoms with van der Waals surface area (Å²) in [6.07, 6.45) is 5.09. The Morgan fingerprint density at radius 3 is 1.44 bits per heavy atom. The van der Waals surface area contributed by atoms with Gasteiger partial charge in [0.25, 0.3) is 0 Å². The van der Waals surface area contributed by atoms with Crippen LogP contribution in [-0.2, 0) is 39.2 Å². The average molecular weight is 664 g/mol. The quantitative estimate of drug-likeness (QED) is 0.326. The number of carboxylic acid groups (broad SMARTS) is 2. The fourth-order valence-electron chi connectivity index (χ4n) is 3.98. The maximum absolute atomic E-state index is 10.4. The number of aromatic hydroxyl groups is 2. The van der Waals surface area contributed by atoms with Gasteiger partial charge in [-0.25, -0.2) is 0 Å². The van der Waals surface area contributed by atoms with Crippen LogP contribution in [0.15, 0.2) is 64.6 Å². The first-order chi connectivity index (χ1) is 20.3. The molecule has 9 nitrogen and oxygen atoms in total. The number of ether oxygens (including phenoxy) is 1. The van der Waals surface area contributed by atoms with Gasteiger partial charge in [0.05, 0.1) is 18.5 Å². The van der Waals surface area contributed by atoms with Crippen molar-refractivity contribution in [1.82, 2.24) is 0 Å². The van der Waals surface area contributed by atoms with E-state index in [-0.39, 0.29) is 39.1 Å². The van der Waals surface area contributed by atoms with Crippen molar-refractivity contribution < 1.29 is 51.5 Å². The molecule has 0 unspecified atom stereocenters. The molecule has 10 heteroatoms. The van der Waals surface area contributed by atoms with Gasteiger partial charge in [0, 0.05) is 41.6 Å². The normalized spacial score (nSPS) is 11.1. The predicted octanol–water partition coefficient (Wildman–Crippen LogP) is 5.29. The Bertz CT molecular complexity index is 1450. The number of hydrogen-bond acceptors (Lipinski definition) is 9. The van der Waals surface area contributed by atoms with Crippen LogP contribution >= 0.6 is 0 Å². The molecule has 0 aromatic heterocycles. The Morgan fingerprint density at radius 2 is 1.09 bits per heavy atom. The van der Waals surface area contributed by atoms with Crippen LogP contribution in [0.3, 0.4) is 0 Å². The van der Waals surface area contributed by atoms with E-state index in [1.54, 1.807) is 37.7 Å². The zero-order valence-electron chi connectivity index (χ0n) is 27.4. The van der Waals surface area contributed by atoms with E-state index < -0.39 is 11.9 Å². The predicted molar refractivity (Wildman–Crippen MR) is 171 cm³/mol. The van der Waals surface area contributed by atoms with Gasteiger partial charge >= 0.3 is 16.8 Å². The zero-order chi connectivity index (χ0) is 33.7. The molecule has 0 aliphatic heterocycles. The summed E-state index contributed by atoms with van der Waals surface area (Å²) in [7, 11) is 1.60. The maximum atomic E-state index is 10.4. The molecule has 45 heavy (non-hydrogen) atoms. The molecule has 1 radical (unpaired) electrons. The van der Waals surface area contributed by atoms with Crippen LogP contribution < -0.4 is 14.9 Å². The number of carbonyl (C=O) groups excluding carboxylic acids is 2. The Labute approximate surface area is 276 Å². The summed E-state index contributed by atoms with van der Waals surface area (Å²) in [5.74, 6) is -1.16. The van der Waals surface area contributed by atoms with E-state index in [0.717, 1.165) is 37.8 Å². The van der Waals surface area contributed by atoms with Gasteiger partial charge in [-0.1, -0.05) is 53.7 Å². The minimum Gasteiger partial charge on any atom is -0.550 e. The van der Waals surface area contributed by atoms with Crippen LogP contribution in [-0.4, -0.2) is 41.7 Å². The number of phenolic OH excluding ortho intramolecular Hbond substituents is 2. The molecule has 2 N–H and O–H groups in total. The summed E-state index contributed by atoms with van der Waals surface area (Å²) >= 11 is 0. The number of methoxy groups -OCH3 is 1. The van der Waals surface area contributed by atoms with Gasteiger partial charge in [-0.2, -0.15) is 0 Å². The van der Waals surface area contributed by atoms with Crippen molar-refractivity contribution in [2.24, 2.45) is 20.8 Å². The first kappa shape index (κ1) is 40.8. The number of aliphatic carboxylic acids is 2. The van der Waals surface area contributed by atoms with Gasteiger partial charge in [0.1, 0.15) is 17.2 Å². The molecule has 3 rings (SSSR count). The molecule has 0 aliphatic carbocycles. The Balaban J connectivity index is 0.00000192. The van der Waals surface area contributed by atoms with Gasteiger partial charge in [0.15, 0.2) is 0 Å². The third kappa shape index (κ3) is 17.7. The summed E-state index contributed by atoms with van der Waals surface area (Å²) in [5, 5.41) is 38.6. The van der Waals surface area contributed by atoms with Crippen molar-refractivity contribution in [3.05, 3.63) is 76.9 Å². The second-order valence-corrected chi connectivity index (χ2v) is 12.6. The molecular formula is C35H44CoN2O7. The summed E-state index contributed by atoms with van der Waals surface area (Å²) in [6, 6.07) is 16.7. The SMILES string of the molecule is CC(=O)[O-].CC(=O)[O-].COc1ccc(N=Cc2cc(CC(C)(C)C)ccc2O)c(N=Cc2cc(CC(C)(C)C)ccc2O)c1.[Co+2]. The van der Waals surface area contributed by atoms with Crippen LogP contribution in [0.1, 0.15) is 77.6 Å². The monoisotopic (exact) mass is 663 g/mol. The molecule has 3 aromatic rings. The summed E-state index contributed by atoms with van der Waals surface area (Å²) in [5.41, 5.74) is 5.05. The maximum Gasteiger partial charge on any atom is 2.00 e. The van der Waals surface area contributed by atoms with Gasteiger partial charge in [-0.3, -0.25) is 9.98 Å². The van der Waals surface area contributed by atoms with Gasteiger partial charge < -0.3 is 34.8 Å². The number of aliphatic imine (C=N–C) groups is 2. The Kier molecular flexibility index (Phi) is 16.9. The molecule has 0 saturated carbocycles. The number of phenols is 2. The largest absolute Gasteiger partial charge is 2.00 e. The fourth-order valence-corrected chi connectivity index (χ4v) is 3.98. The van der Waals surface area contributed by atoms with E-state index in [9.17, 15) is 10.2 Å². The van der Waals surface area contributed by atoms with E-state index in [0.29, 0.717) is 28.3 Å². The second-order valence-electron chi connectivity index (χ2n) is 12.6. The standard InChI is InChI=1S/C31H38N2O3.2C2H4O2.Co/c1-30(2,3)17-21-8-12-28(34)23(14-21)19-32-26-11-10-25(36-7)16-27(26)33-20-24-15-22(9-13-29(24)35)18-31(4,5)6;2*1-2(3)4;/h8-16,19-20,34-35H,17-18H2,1-7H3;2*1H3,(H,3,4);/q;;;+2/p-2. The number of rotatable bonds is 7. The molecule has 0 bridgehead atoms. The first-order valence-electron chi connectivity index (χ1n) is 14.0. The summed E-state index contributed by atoms with van der Waals surface area (Å²) in [6.45, 7) is 15.1. The van der Waals surface area contributed by atoms with Crippen LogP contribution in [0.25, 0.3) is 0 Å². The van der Waals surface area contributed by atoms with Crippen LogP contribution in [0, 0.1) is 10.8 Å². The topological polar surface area (TPSA) is 155 Å². The number of hydrogen-bond donors (Lipinski definition) is 2. The molecule has 0 amide bonds. The smallest absolute Gasteiger partial charge is 0.550 e. The molecule has 0 aliphatic rings. The third-order valence-corrected chi connectivity index (χ3v) is 5.52. The molecule has 0 fully saturated rings. The first-order valence-corrected chi connectivity index (χ1v) is 14.0. The zero-order valence-corrected chi connectivity index (χ0v) is 28.5. The van der Waals surface area contributed by atoms with Gasteiger partial charge in [-0.15, -0.1) is 0 Å². The average Bonchev–Trinajstić information content (AvgIpc) is 2.87. The van der Waals surface area contributed by atoms with Crippen molar-refractivity contribution in [3.63, 3.8) is 0 Å². The Hall–Kier alpha value is -4.15. The van der Waals surface area contributed by atoms with Crippen molar-refractivity contribution >= 4 is 35.7 Å². The van der Waals surface area contributed by atoms with Crippen LogP contribution in [0.5, 0.6) is 17.2 Å². The third-order valence-electron chi connectivity index (χ3n) is 5.52. The van der Waals surface area contributed by atoms with Crippen molar-refractivity contribution in [2.45, 2.75) is 68.2 Å². The van der Waals surface area contributed by atoms with Crippen LogP contribution in [0.2, 0.25) is 0 Å². The fraction of sp³-hybridized carbons (Fsp3) is 0.371. The summed E-state index contributed by atoms with van der Waals surface area (Å²) < 4.78 is 5.39. The number of benzene rings is 3. The number of nitrogens with zero attached hydrogens (tertiary/aromatic N) is 2. The summed E-state index contributed by atoms with van der Waals surface area (Å²) in [4.78, 5) is 27.1. The molecule has 0 atom stereocenters. The van der Waals surface area contributed by atoms with Crippen LogP contribution in [0.4, 0.5) is 11.4 Å². The molecule has 0 heterocycles. The van der Waals surface area contributed by atoms with Crippen molar-refractivity contribution in [3.8, 4) is 17.2 Å². The minimum absolute atomic E-state index is 0. The molecular weight excluding hydrogens is 619 g/mol. The van der Waals surface area contributed by atoms with Crippen molar-refractivity contribution in [2.75, 3.05) is 7.11 Å². The number of carboxylic acids is 2. The van der Waals surface area contributed by atoms with E-state index in [4.69, 9.17) is 24.5 Å².